The van der Waals surface area contributed by atoms with Crippen molar-refractivity contribution in [2.24, 2.45) is 5.92 Å². The third-order valence-corrected chi connectivity index (χ3v) is 6.59. The van der Waals surface area contributed by atoms with Crippen molar-refractivity contribution >= 4 is 28.9 Å². The van der Waals surface area contributed by atoms with E-state index in [-0.39, 0.29) is 12.2 Å². The molecule has 1 aliphatic rings. The highest BCUT2D eigenvalue weighted by atomic mass is 35.5. The average Bonchev–Trinajstić information content (AvgIpc) is 3.17. The van der Waals surface area contributed by atoms with E-state index in [2.05, 4.69) is 17.1 Å². The summed E-state index contributed by atoms with van der Waals surface area (Å²) in [5.74, 6) is 1.38. The molecule has 0 amide bonds. The van der Waals surface area contributed by atoms with Gasteiger partial charge in [0.05, 0.1) is 5.02 Å². The maximum atomic E-state index is 12.1. The van der Waals surface area contributed by atoms with Gasteiger partial charge < -0.3 is 10.1 Å². The Morgan fingerprint density at radius 1 is 1.30 bits per heavy atom. The van der Waals surface area contributed by atoms with Gasteiger partial charge in [0.15, 0.2) is 0 Å². The van der Waals surface area contributed by atoms with Gasteiger partial charge >= 0.3 is 0 Å². The van der Waals surface area contributed by atoms with Crippen LogP contribution in [0.4, 0.5) is 0 Å². The van der Waals surface area contributed by atoms with Crippen molar-refractivity contribution in [3.05, 3.63) is 68.6 Å². The molecule has 3 rings (SSSR count). The summed E-state index contributed by atoms with van der Waals surface area (Å²) in [5.41, 5.74) is 3.58. The molecule has 5 heteroatoms. The second-order valence-electron chi connectivity index (χ2n) is 7.08. The molecule has 1 heterocycles. The van der Waals surface area contributed by atoms with Gasteiger partial charge in [-0.15, -0.1) is 11.8 Å². The molecule has 0 spiro atoms. The second kappa shape index (κ2) is 9.63. The van der Waals surface area contributed by atoms with Crippen LogP contribution in [-0.2, 0) is 0 Å². The standard InChI is InChI=1S/C22H26ClNO2S/c1-15-7-9-20(24-22(15)26)18(13-16-5-2-3-6-16)17-8-10-21(19(23)14-17)27-12-4-11-25/h7-10,13-14,16,25H,2-6,11-12H2,1H3,(H,24,26)/b18-13+. The van der Waals surface area contributed by atoms with Gasteiger partial charge in [-0.2, -0.15) is 0 Å². The van der Waals surface area contributed by atoms with Crippen molar-refractivity contribution in [3.8, 4) is 0 Å². The molecule has 1 saturated carbocycles. The first-order valence-corrected chi connectivity index (χ1v) is 10.9. The molecule has 1 aromatic heterocycles. The van der Waals surface area contributed by atoms with E-state index in [1.165, 1.54) is 25.7 Å². The Morgan fingerprint density at radius 2 is 2.07 bits per heavy atom. The number of nitrogens with one attached hydrogen (secondary N) is 1. The fourth-order valence-corrected chi connectivity index (χ4v) is 4.64. The van der Waals surface area contributed by atoms with Crippen molar-refractivity contribution in [1.29, 1.82) is 0 Å². The quantitative estimate of drug-likeness (QED) is 0.478. The molecular formula is C22H26ClNO2S. The molecule has 3 nitrogen and oxygen atoms in total. The topological polar surface area (TPSA) is 53.1 Å². The number of hydrogen-bond donors (Lipinski definition) is 2. The van der Waals surface area contributed by atoms with Crippen LogP contribution >= 0.6 is 23.4 Å². The average molecular weight is 404 g/mol. The van der Waals surface area contributed by atoms with E-state index >= 15 is 0 Å². The lowest BCUT2D eigenvalue weighted by Gasteiger charge is -2.14. The van der Waals surface area contributed by atoms with E-state index in [9.17, 15) is 4.79 Å². The summed E-state index contributed by atoms with van der Waals surface area (Å²) >= 11 is 8.19. The number of H-pyrrole nitrogens is 1. The number of benzene rings is 1. The van der Waals surface area contributed by atoms with Gasteiger partial charge in [0.25, 0.3) is 5.56 Å². The minimum absolute atomic E-state index is 0.0490. The minimum atomic E-state index is -0.0490. The van der Waals surface area contributed by atoms with E-state index in [0.29, 0.717) is 16.5 Å². The van der Waals surface area contributed by atoms with Crippen LogP contribution in [0.15, 0.2) is 46.1 Å². The van der Waals surface area contributed by atoms with E-state index in [0.717, 1.165) is 33.9 Å². The number of aryl methyl sites for hydroxylation is 1. The van der Waals surface area contributed by atoms with Crippen molar-refractivity contribution in [2.75, 3.05) is 12.4 Å². The zero-order chi connectivity index (χ0) is 19.2. The van der Waals surface area contributed by atoms with E-state index < -0.39 is 0 Å². The summed E-state index contributed by atoms with van der Waals surface area (Å²) in [6.45, 7) is 2.01. The molecule has 0 bridgehead atoms. The minimum Gasteiger partial charge on any atom is -0.396 e. The lowest BCUT2D eigenvalue weighted by Crippen LogP contribution is -2.11. The second-order valence-corrected chi connectivity index (χ2v) is 8.62. The smallest absolute Gasteiger partial charge is 0.251 e. The summed E-state index contributed by atoms with van der Waals surface area (Å²) in [7, 11) is 0. The number of aromatic nitrogens is 1. The van der Waals surface area contributed by atoms with Crippen LogP contribution < -0.4 is 5.56 Å². The van der Waals surface area contributed by atoms with E-state index in [4.69, 9.17) is 16.7 Å². The van der Waals surface area contributed by atoms with Crippen molar-refractivity contribution in [3.63, 3.8) is 0 Å². The maximum absolute atomic E-state index is 12.1. The third kappa shape index (κ3) is 5.28. The molecule has 2 aromatic rings. The summed E-state index contributed by atoms with van der Waals surface area (Å²) in [6.07, 6.45) is 7.98. The highest BCUT2D eigenvalue weighted by Crippen LogP contribution is 2.35. The highest BCUT2D eigenvalue weighted by molar-refractivity contribution is 7.99. The molecule has 0 aliphatic heterocycles. The Hall–Kier alpha value is -1.49. The number of hydrogen-bond acceptors (Lipinski definition) is 3. The number of aliphatic hydroxyl groups is 1. The van der Waals surface area contributed by atoms with Gasteiger partial charge in [-0.05, 0) is 55.9 Å². The fraction of sp³-hybridized carbons (Fsp3) is 0.409. The van der Waals surface area contributed by atoms with E-state index in [1.54, 1.807) is 11.8 Å². The molecule has 0 saturated heterocycles. The lowest BCUT2D eigenvalue weighted by atomic mass is 9.96. The molecule has 2 N–H and O–H groups in total. The molecule has 0 radical (unpaired) electrons. The Bertz CT molecular complexity index is 869. The Labute approximate surface area is 169 Å². The summed E-state index contributed by atoms with van der Waals surface area (Å²) < 4.78 is 0. The normalized spacial score (nSPS) is 15.4. The Morgan fingerprint density at radius 3 is 2.74 bits per heavy atom. The van der Waals surface area contributed by atoms with Crippen LogP contribution in [0.1, 0.15) is 48.9 Å². The van der Waals surface area contributed by atoms with Crippen molar-refractivity contribution in [2.45, 2.75) is 43.9 Å². The maximum Gasteiger partial charge on any atom is 0.251 e. The van der Waals surface area contributed by atoms with Gasteiger partial charge in [-0.1, -0.05) is 42.7 Å². The van der Waals surface area contributed by atoms with Gasteiger partial charge in [0, 0.05) is 34.1 Å². The predicted molar refractivity (Wildman–Crippen MR) is 115 cm³/mol. The Kier molecular flexibility index (Phi) is 7.22. The molecule has 1 aliphatic carbocycles. The molecule has 0 atom stereocenters. The summed E-state index contributed by atoms with van der Waals surface area (Å²) in [5, 5.41) is 9.66. The van der Waals surface area contributed by atoms with Gasteiger partial charge in [-0.3, -0.25) is 4.79 Å². The fourth-order valence-electron chi connectivity index (χ4n) is 3.44. The molecule has 27 heavy (non-hydrogen) atoms. The van der Waals surface area contributed by atoms with E-state index in [1.807, 2.05) is 31.2 Å². The molecular weight excluding hydrogens is 378 g/mol. The van der Waals surface area contributed by atoms with Crippen LogP contribution in [0.25, 0.3) is 5.57 Å². The highest BCUT2D eigenvalue weighted by Gasteiger charge is 2.16. The van der Waals surface area contributed by atoms with Gasteiger partial charge in [0.1, 0.15) is 0 Å². The molecule has 1 fully saturated rings. The SMILES string of the molecule is Cc1ccc(/C(=C/C2CCCC2)c2ccc(SCCCO)c(Cl)c2)[nH]c1=O. The number of aliphatic hydroxyl groups excluding tert-OH is 1. The van der Waals surface area contributed by atoms with Crippen LogP contribution in [0.3, 0.4) is 0 Å². The third-order valence-electron chi connectivity index (χ3n) is 5.00. The zero-order valence-corrected chi connectivity index (χ0v) is 17.2. The molecule has 1 aromatic carbocycles. The van der Waals surface area contributed by atoms with Crippen LogP contribution in [0, 0.1) is 12.8 Å². The zero-order valence-electron chi connectivity index (χ0n) is 15.6. The summed E-state index contributed by atoms with van der Waals surface area (Å²) in [4.78, 5) is 16.2. The van der Waals surface area contributed by atoms with Crippen LogP contribution in [-0.4, -0.2) is 22.5 Å². The molecule has 0 unspecified atom stereocenters. The Balaban J connectivity index is 1.96. The van der Waals surface area contributed by atoms with Gasteiger partial charge in [0.2, 0.25) is 0 Å². The number of halogens is 1. The predicted octanol–water partition coefficient (Wildman–Crippen LogP) is 5.43. The number of pyridine rings is 1. The largest absolute Gasteiger partial charge is 0.396 e. The number of thioether (sulfide) groups is 1. The summed E-state index contributed by atoms with van der Waals surface area (Å²) in [6, 6.07) is 9.95. The monoisotopic (exact) mass is 403 g/mol. The number of rotatable bonds is 7. The number of aromatic amines is 1. The lowest BCUT2D eigenvalue weighted by molar-refractivity contribution is 0.296. The van der Waals surface area contributed by atoms with Crippen molar-refractivity contribution < 1.29 is 5.11 Å². The van der Waals surface area contributed by atoms with Crippen molar-refractivity contribution in [1.82, 2.24) is 4.98 Å². The van der Waals surface area contributed by atoms with Crippen LogP contribution in [0.5, 0.6) is 0 Å². The first-order valence-electron chi connectivity index (χ1n) is 9.54. The van der Waals surface area contributed by atoms with Gasteiger partial charge in [-0.25, -0.2) is 0 Å². The molecule has 144 valence electrons. The first-order chi connectivity index (χ1) is 13.1. The van der Waals surface area contributed by atoms with Crippen LogP contribution in [0.2, 0.25) is 5.02 Å². The first kappa shape index (κ1) is 20.2. The number of allylic oxidation sites excluding steroid dienone is 1.